The number of H-pyrrole nitrogens is 1. The van der Waals surface area contributed by atoms with Crippen LogP contribution in [0.15, 0.2) is 18.2 Å². The van der Waals surface area contributed by atoms with Crippen LogP contribution >= 0.6 is 0 Å². The van der Waals surface area contributed by atoms with Gasteiger partial charge < -0.3 is 5.73 Å². The summed E-state index contributed by atoms with van der Waals surface area (Å²) >= 11 is 0. The molecule has 2 aromatic rings. The molecule has 2 rings (SSSR count). The van der Waals surface area contributed by atoms with Crippen molar-refractivity contribution in [2.75, 3.05) is 5.73 Å². The number of aromatic nitrogens is 2. The number of carbonyl (C=O) groups is 1. The van der Waals surface area contributed by atoms with Crippen molar-refractivity contribution in [3.63, 3.8) is 0 Å². The summed E-state index contributed by atoms with van der Waals surface area (Å²) in [5.74, 6) is 0. The van der Waals surface area contributed by atoms with Crippen LogP contribution in [0, 0.1) is 0 Å². The van der Waals surface area contributed by atoms with Crippen LogP contribution in [0.2, 0.25) is 0 Å². The monoisotopic (exact) mass is 161 g/mol. The second kappa shape index (κ2) is 2.34. The Morgan fingerprint density at radius 3 is 3.08 bits per heavy atom. The summed E-state index contributed by atoms with van der Waals surface area (Å²) < 4.78 is 0. The molecule has 0 aliphatic heterocycles. The fourth-order valence-electron chi connectivity index (χ4n) is 1.17. The first kappa shape index (κ1) is 6.84. The van der Waals surface area contributed by atoms with E-state index in [9.17, 15) is 4.79 Å². The van der Waals surface area contributed by atoms with Crippen LogP contribution in [0.5, 0.6) is 0 Å². The molecule has 60 valence electrons. The highest BCUT2D eigenvalue weighted by Crippen LogP contribution is 2.19. The molecule has 0 aliphatic rings. The van der Waals surface area contributed by atoms with Gasteiger partial charge in [-0.1, -0.05) is 12.1 Å². The zero-order valence-corrected chi connectivity index (χ0v) is 6.24. The molecule has 0 spiro atoms. The summed E-state index contributed by atoms with van der Waals surface area (Å²) in [5.41, 5.74) is 7.33. The predicted molar refractivity (Wildman–Crippen MR) is 45.9 cm³/mol. The molecule has 0 atom stereocenters. The summed E-state index contributed by atoms with van der Waals surface area (Å²) in [6.45, 7) is 0. The minimum atomic E-state index is 0.470. The Labute approximate surface area is 68.4 Å². The van der Waals surface area contributed by atoms with Gasteiger partial charge in [0.1, 0.15) is 11.2 Å². The quantitative estimate of drug-likeness (QED) is 0.483. The molecule has 1 aromatic carbocycles. The highest BCUT2D eigenvalue weighted by molar-refractivity contribution is 5.99. The lowest BCUT2D eigenvalue weighted by atomic mass is 10.2. The molecule has 4 heteroatoms. The van der Waals surface area contributed by atoms with Crippen LogP contribution in [0.1, 0.15) is 10.5 Å². The smallest absolute Gasteiger partial charge is 0.168 e. The zero-order chi connectivity index (χ0) is 8.55. The van der Waals surface area contributed by atoms with Crippen molar-refractivity contribution in [2.45, 2.75) is 0 Å². The van der Waals surface area contributed by atoms with Crippen LogP contribution in [0.4, 0.5) is 5.69 Å². The average molecular weight is 161 g/mol. The van der Waals surface area contributed by atoms with E-state index in [-0.39, 0.29) is 0 Å². The van der Waals surface area contributed by atoms with E-state index in [1.165, 1.54) is 0 Å². The number of rotatable bonds is 1. The molecule has 1 heterocycles. The zero-order valence-electron chi connectivity index (χ0n) is 6.24. The third kappa shape index (κ3) is 0.780. The third-order valence-corrected chi connectivity index (χ3v) is 1.76. The minimum Gasteiger partial charge on any atom is -0.397 e. The average Bonchev–Trinajstić information content (AvgIpc) is 2.49. The molecule has 1 aromatic heterocycles. The van der Waals surface area contributed by atoms with Gasteiger partial charge in [-0.2, -0.15) is 5.10 Å². The van der Waals surface area contributed by atoms with Gasteiger partial charge in [-0.15, -0.1) is 0 Å². The van der Waals surface area contributed by atoms with Crippen LogP contribution in [0.3, 0.4) is 0 Å². The Balaban J connectivity index is 2.88. The maximum absolute atomic E-state index is 10.5. The molecule has 0 saturated heterocycles. The summed E-state index contributed by atoms with van der Waals surface area (Å²) in [5, 5.41) is 7.28. The van der Waals surface area contributed by atoms with Gasteiger partial charge in [0.2, 0.25) is 0 Å². The van der Waals surface area contributed by atoms with Crippen LogP contribution in [0.25, 0.3) is 10.9 Å². The van der Waals surface area contributed by atoms with Crippen molar-refractivity contribution in [1.29, 1.82) is 0 Å². The number of aromatic amines is 1. The largest absolute Gasteiger partial charge is 0.397 e. The second-order valence-electron chi connectivity index (χ2n) is 2.50. The van der Waals surface area contributed by atoms with Gasteiger partial charge in [-0.25, -0.2) is 0 Å². The first-order chi connectivity index (χ1) is 5.83. The normalized spacial score (nSPS) is 10.3. The molecule has 0 fully saturated rings. The molecular formula is C8H7N3O. The van der Waals surface area contributed by atoms with E-state index in [4.69, 9.17) is 5.73 Å². The number of anilines is 1. The van der Waals surface area contributed by atoms with E-state index in [0.29, 0.717) is 16.9 Å². The summed E-state index contributed by atoms with van der Waals surface area (Å²) in [7, 11) is 0. The fourth-order valence-corrected chi connectivity index (χ4v) is 1.17. The molecule has 3 N–H and O–H groups in total. The standard InChI is InChI=1S/C8H7N3O/c9-6-3-1-2-5-7(4-12)10-11-8(5)6/h1-4H,9H2,(H,10,11). The lowest BCUT2D eigenvalue weighted by Gasteiger charge is -1.91. The lowest BCUT2D eigenvalue weighted by Crippen LogP contribution is -1.85. The van der Waals surface area contributed by atoms with E-state index >= 15 is 0 Å². The van der Waals surface area contributed by atoms with Crippen LogP contribution in [-0.2, 0) is 0 Å². The number of nitrogens with one attached hydrogen (secondary N) is 1. The topological polar surface area (TPSA) is 71.8 Å². The van der Waals surface area contributed by atoms with Crippen molar-refractivity contribution in [3.8, 4) is 0 Å². The lowest BCUT2D eigenvalue weighted by molar-refractivity contribution is 0.112. The van der Waals surface area contributed by atoms with Crippen molar-refractivity contribution in [3.05, 3.63) is 23.9 Å². The van der Waals surface area contributed by atoms with Gasteiger partial charge in [-0.05, 0) is 6.07 Å². The van der Waals surface area contributed by atoms with Gasteiger partial charge >= 0.3 is 0 Å². The molecule has 0 unspecified atom stereocenters. The van der Waals surface area contributed by atoms with Gasteiger partial charge in [0.05, 0.1) is 5.69 Å². The minimum absolute atomic E-state index is 0.470. The Kier molecular flexibility index (Phi) is 1.33. The van der Waals surface area contributed by atoms with E-state index in [1.54, 1.807) is 18.2 Å². The first-order valence-electron chi connectivity index (χ1n) is 3.50. The maximum atomic E-state index is 10.5. The summed E-state index contributed by atoms with van der Waals surface area (Å²) in [6.07, 6.45) is 0.731. The fraction of sp³-hybridized carbons (Fsp3) is 0. The Hall–Kier alpha value is -1.84. The van der Waals surface area contributed by atoms with E-state index in [1.807, 2.05) is 0 Å². The molecule has 0 bridgehead atoms. The number of para-hydroxylation sites is 1. The summed E-state index contributed by atoms with van der Waals surface area (Å²) in [4.78, 5) is 10.5. The Bertz CT molecular complexity index is 433. The number of nitrogen functional groups attached to an aromatic ring is 1. The molecule has 0 saturated carbocycles. The van der Waals surface area contributed by atoms with Crippen molar-refractivity contribution < 1.29 is 4.79 Å². The predicted octanol–water partition coefficient (Wildman–Crippen LogP) is 0.958. The number of hydrogen-bond donors (Lipinski definition) is 2. The Morgan fingerprint density at radius 2 is 2.33 bits per heavy atom. The molecular weight excluding hydrogens is 154 g/mol. The van der Waals surface area contributed by atoms with E-state index in [2.05, 4.69) is 10.2 Å². The van der Waals surface area contributed by atoms with Gasteiger partial charge in [-0.3, -0.25) is 9.89 Å². The molecule has 0 amide bonds. The van der Waals surface area contributed by atoms with Crippen LogP contribution in [-0.4, -0.2) is 16.5 Å². The second-order valence-corrected chi connectivity index (χ2v) is 2.50. The molecule has 12 heavy (non-hydrogen) atoms. The van der Waals surface area contributed by atoms with E-state index in [0.717, 1.165) is 11.7 Å². The van der Waals surface area contributed by atoms with Crippen molar-refractivity contribution >= 4 is 22.9 Å². The summed E-state index contributed by atoms with van der Waals surface area (Å²) in [6, 6.07) is 5.34. The Morgan fingerprint density at radius 1 is 1.50 bits per heavy atom. The molecule has 0 radical (unpaired) electrons. The number of benzene rings is 1. The number of fused-ring (bicyclic) bond motifs is 1. The number of aldehydes is 1. The van der Waals surface area contributed by atoms with Crippen LogP contribution < -0.4 is 5.73 Å². The molecule has 4 nitrogen and oxygen atoms in total. The molecule has 0 aliphatic carbocycles. The highest BCUT2D eigenvalue weighted by atomic mass is 16.1. The SMILES string of the molecule is Nc1cccc2c(C=O)[nH]nc12. The van der Waals surface area contributed by atoms with Gasteiger partial charge in [0.25, 0.3) is 0 Å². The highest BCUT2D eigenvalue weighted by Gasteiger charge is 2.04. The van der Waals surface area contributed by atoms with Gasteiger partial charge in [0, 0.05) is 5.39 Å². The number of carbonyl (C=O) groups excluding carboxylic acids is 1. The number of nitrogens with two attached hydrogens (primary N) is 1. The number of hydrogen-bond acceptors (Lipinski definition) is 3. The third-order valence-electron chi connectivity index (χ3n) is 1.76. The van der Waals surface area contributed by atoms with Crippen molar-refractivity contribution in [1.82, 2.24) is 10.2 Å². The number of nitrogens with zero attached hydrogens (tertiary/aromatic N) is 1. The van der Waals surface area contributed by atoms with Crippen molar-refractivity contribution in [2.24, 2.45) is 0 Å². The van der Waals surface area contributed by atoms with E-state index < -0.39 is 0 Å². The van der Waals surface area contributed by atoms with Gasteiger partial charge in [0.15, 0.2) is 6.29 Å². The first-order valence-corrected chi connectivity index (χ1v) is 3.50. The maximum Gasteiger partial charge on any atom is 0.168 e.